The minimum Gasteiger partial charge on any atom is -0.317 e. The lowest BCUT2D eigenvalue weighted by molar-refractivity contribution is -0.137. The van der Waals surface area contributed by atoms with Gasteiger partial charge in [0.1, 0.15) is 5.82 Å². The molecule has 35 heavy (non-hydrogen) atoms. The van der Waals surface area contributed by atoms with E-state index >= 15 is 0 Å². The zero-order valence-electron chi connectivity index (χ0n) is 19.7. The van der Waals surface area contributed by atoms with Gasteiger partial charge in [0, 0.05) is 27.3 Å². The molecule has 2 aromatic heterocycles. The van der Waals surface area contributed by atoms with Crippen molar-refractivity contribution in [2.75, 3.05) is 0 Å². The molecule has 1 atom stereocenters. The second kappa shape index (κ2) is 9.45. The van der Waals surface area contributed by atoms with Crippen LogP contribution in [0.15, 0.2) is 62.9 Å². The van der Waals surface area contributed by atoms with E-state index in [4.69, 9.17) is 0 Å². The molecule has 4 aromatic rings. The van der Waals surface area contributed by atoms with E-state index in [-0.39, 0.29) is 17.2 Å². The Kier molecular flexibility index (Phi) is 6.73. The maximum atomic E-state index is 13.6. The van der Waals surface area contributed by atoms with Crippen molar-refractivity contribution in [1.82, 2.24) is 14.2 Å². The summed E-state index contributed by atoms with van der Waals surface area (Å²) in [5, 5.41) is 4.89. The molecule has 4 rings (SSSR count). The van der Waals surface area contributed by atoms with Crippen LogP contribution < -0.4 is 5.56 Å². The van der Waals surface area contributed by atoms with Gasteiger partial charge in [0.15, 0.2) is 0 Å². The van der Waals surface area contributed by atoms with Crippen LogP contribution in [-0.2, 0) is 6.18 Å². The highest BCUT2D eigenvalue weighted by Crippen LogP contribution is 2.35. The molecule has 0 bridgehead atoms. The number of nitrogens with zero attached hydrogens (tertiary/aromatic N) is 4. The van der Waals surface area contributed by atoms with E-state index in [2.05, 4.69) is 26.0 Å². The fraction of sp³-hybridized carbons (Fsp3) is 0.269. The van der Waals surface area contributed by atoms with E-state index < -0.39 is 11.7 Å². The number of hydrogen-bond acceptors (Lipinski definition) is 3. The van der Waals surface area contributed by atoms with Gasteiger partial charge < -0.3 is 4.57 Å². The highest BCUT2D eigenvalue weighted by atomic mass is 79.9. The molecule has 0 aliphatic heterocycles. The van der Waals surface area contributed by atoms with E-state index in [1.807, 2.05) is 19.9 Å². The summed E-state index contributed by atoms with van der Waals surface area (Å²) in [6, 6.07) is 12.5. The van der Waals surface area contributed by atoms with Gasteiger partial charge in [-0.25, -0.2) is 4.98 Å². The summed E-state index contributed by atoms with van der Waals surface area (Å²) < 4.78 is 44.5. The molecule has 182 valence electrons. The molecule has 0 saturated carbocycles. The molecular weight excluding hydrogens is 521 g/mol. The normalized spacial score (nSPS) is 13.1. The summed E-state index contributed by atoms with van der Waals surface area (Å²) in [5.74, 6) is 0.499. The Balaban J connectivity index is 1.86. The molecule has 5 nitrogen and oxygen atoms in total. The lowest BCUT2D eigenvalue weighted by Crippen LogP contribution is -2.23. The minimum absolute atomic E-state index is 0.0287. The summed E-state index contributed by atoms with van der Waals surface area (Å²) in [6.45, 7) is 7.44. The Morgan fingerprint density at radius 3 is 2.54 bits per heavy atom. The van der Waals surface area contributed by atoms with Crippen molar-refractivity contribution in [2.24, 2.45) is 5.10 Å². The van der Waals surface area contributed by atoms with Gasteiger partial charge in [-0.1, -0.05) is 41.9 Å². The van der Waals surface area contributed by atoms with E-state index in [0.717, 1.165) is 17.0 Å². The molecule has 0 amide bonds. The molecule has 0 spiro atoms. The summed E-state index contributed by atoms with van der Waals surface area (Å²) in [7, 11) is 0. The number of aromatic nitrogens is 3. The van der Waals surface area contributed by atoms with Crippen LogP contribution in [-0.4, -0.2) is 20.4 Å². The average Bonchev–Trinajstić information content (AvgIpc) is 3.10. The van der Waals surface area contributed by atoms with Crippen molar-refractivity contribution >= 4 is 33.0 Å². The summed E-state index contributed by atoms with van der Waals surface area (Å²) in [5.41, 5.74) is 1.42. The van der Waals surface area contributed by atoms with Crippen LogP contribution in [0.1, 0.15) is 54.5 Å². The van der Waals surface area contributed by atoms with E-state index in [1.165, 1.54) is 23.0 Å². The number of benzene rings is 2. The van der Waals surface area contributed by atoms with Crippen molar-refractivity contribution in [1.29, 1.82) is 0 Å². The summed E-state index contributed by atoms with van der Waals surface area (Å²) >= 11 is 3.39. The predicted octanol–water partition coefficient (Wildman–Crippen LogP) is 6.98. The lowest BCUT2D eigenvalue weighted by atomic mass is 10.1. The van der Waals surface area contributed by atoms with Gasteiger partial charge in [0.05, 0.1) is 28.4 Å². The van der Waals surface area contributed by atoms with Crippen LogP contribution in [0.5, 0.6) is 0 Å². The summed E-state index contributed by atoms with van der Waals surface area (Å²) in [6.07, 6.45) is -2.22. The first-order chi connectivity index (χ1) is 16.5. The third-order valence-corrected chi connectivity index (χ3v) is 6.61. The SMILES string of the molecule is CC[C@H](C)c1nc2ccc(Br)cc2c(=O)n1N=Cc1cc(C)n(-c2ccccc2C(F)(F)F)c1C. The Morgan fingerprint density at radius 1 is 1.14 bits per heavy atom. The predicted molar refractivity (Wildman–Crippen MR) is 136 cm³/mol. The lowest BCUT2D eigenvalue weighted by Gasteiger charge is -2.16. The van der Waals surface area contributed by atoms with Crippen molar-refractivity contribution in [2.45, 2.75) is 46.2 Å². The van der Waals surface area contributed by atoms with Crippen LogP contribution >= 0.6 is 15.9 Å². The highest BCUT2D eigenvalue weighted by Gasteiger charge is 2.34. The van der Waals surface area contributed by atoms with E-state index in [9.17, 15) is 18.0 Å². The van der Waals surface area contributed by atoms with Gasteiger partial charge in [0.2, 0.25) is 0 Å². The van der Waals surface area contributed by atoms with Crippen molar-refractivity contribution in [3.8, 4) is 5.69 Å². The van der Waals surface area contributed by atoms with Crippen LogP contribution in [0.25, 0.3) is 16.6 Å². The number of para-hydroxylation sites is 1. The van der Waals surface area contributed by atoms with Crippen molar-refractivity contribution < 1.29 is 13.2 Å². The molecule has 0 N–H and O–H groups in total. The maximum absolute atomic E-state index is 13.6. The topological polar surface area (TPSA) is 52.2 Å². The van der Waals surface area contributed by atoms with E-state index in [0.29, 0.717) is 33.7 Å². The number of hydrogen-bond donors (Lipinski definition) is 0. The quantitative estimate of drug-likeness (QED) is 0.254. The minimum atomic E-state index is -4.49. The maximum Gasteiger partial charge on any atom is 0.418 e. The highest BCUT2D eigenvalue weighted by molar-refractivity contribution is 9.10. The fourth-order valence-electron chi connectivity index (χ4n) is 4.10. The number of fused-ring (bicyclic) bond motifs is 1. The van der Waals surface area contributed by atoms with Gasteiger partial charge in [-0.05, 0) is 56.7 Å². The van der Waals surface area contributed by atoms with E-state index in [1.54, 1.807) is 42.7 Å². The number of halogens is 4. The van der Waals surface area contributed by atoms with Crippen LogP contribution in [0.2, 0.25) is 0 Å². The second-order valence-corrected chi connectivity index (χ2v) is 9.39. The first-order valence-electron chi connectivity index (χ1n) is 11.1. The molecular formula is C26H24BrF3N4O. The molecule has 2 heterocycles. The zero-order chi connectivity index (χ0) is 25.5. The van der Waals surface area contributed by atoms with Crippen LogP contribution in [0, 0.1) is 13.8 Å². The largest absolute Gasteiger partial charge is 0.418 e. The fourth-order valence-corrected chi connectivity index (χ4v) is 4.46. The van der Waals surface area contributed by atoms with Gasteiger partial charge in [-0.2, -0.15) is 22.9 Å². The number of rotatable bonds is 5. The van der Waals surface area contributed by atoms with Crippen LogP contribution in [0.4, 0.5) is 13.2 Å². The molecule has 0 radical (unpaired) electrons. The Bertz CT molecular complexity index is 1500. The molecule has 9 heteroatoms. The monoisotopic (exact) mass is 544 g/mol. The Labute approximate surface area is 209 Å². The third kappa shape index (κ3) is 4.69. The van der Waals surface area contributed by atoms with Gasteiger partial charge in [0.25, 0.3) is 5.56 Å². The number of aryl methyl sites for hydroxylation is 1. The molecule has 0 aliphatic rings. The molecule has 0 unspecified atom stereocenters. The van der Waals surface area contributed by atoms with Crippen molar-refractivity contribution in [3.63, 3.8) is 0 Å². The molecule has 2 aromatic carbocycles. The first-order valence-corrected chi connectivity index (χ1v) is 11.9. The summed E-state index contributed by atoms with van der Waals surface area (Å²) in [4.78, 5) is 18.0. The third-order valence-electron chi connectivity index (χ3n) is 6.12. The standard InChI is InChI=1S/C26H24BrF3N4O/c1-5-15(2)24-32-22-11-10-19(27)13-20(22)25(35)34(24)31-14-18-12-16(3)33(17(18)4)23-9-7-6-8-21(23)26(28,29)30/h6-15H,5H2,1-4H3/t15-/m0/s1. The Hall–Kier alpha value is -3.20. The second-order valence-electron chi connectivity index (χ2n) is 8.48. The molecule has 0 saturated heterocycles. The molecule has 0 aliphatic carbocycles. The van der Waals surface area contributed by atoms with Crippen LogP contribution in [0.3, 0.4) is 0 Å². The number of alkyl halides is 3. The van der Waals surface area contributed by atoms with Gasteiger partial charge in [-0.15, -0.1) is 0 Å². The van der Waals surface area contributed by atoms with Crippen molar-refractivity contribution in [3.05, 3.63) is 91.7 Å². The van der Waals surface area contributed by atoms with Gasteiger partial charge in [-0.3, -0.25) is 4.79 Å². The van der Waals surface area contributed by atoms with Gasteiger partial charge >= 0.3 is 6.18 Å². The molecule has 0 fully saturated rings. The Morgan fingerprint density at radius 2 is 1.86 bits per heavy atom. The zero-order valence-corrected chi connectivity index (χ0v) is 21.3. The first kappa shape index (κ1) is 24.9. The smallest absolute Gasteiger partial charge is 0.317 e. The average molecular weight is 545 g/mol.